The third-order valence-corrected chi connectivity index (χ3v) is 8.00. The second kappa shape index (κ2) is 11.9. The van der Waals surface area contributed by atoms with Crippen LogP contribution in [0, 0.1) is 5.92 Å². The molecule has 2 aromatic carbocycles. The summed E-state index contributed by atoms with van der Waals surface area (Å²) in [7, 11) is 0. The molecule has 0 aromatic heterocycles. The maximum absolute atomic E-state index is 13.7. The zero-order chi connectivity index (χ0) is 31.0. The van der Waals surface area contributed by atoms with Crippen LogP contribution in [0.3, 0.4) is 0 Å². The van der Waals surface area contributed by atoms with E-state index >= 15 is 0 Å². The molecule has 0 spiro atoms. The van der Waals surface area contributed by atoms with Crippen LogP contribution in [-0.4, -0.2) is 30.1 Å². The summed E-state index contributed by atoms with van der Waals surface area (Å²) in [5.74, 6) is 0.345. The van der Waals surface area contributed by atoms with Gasteiger partial charge in [-0.2, -0.15) is 39.5 Å². The third-order valence-electron chi connectivity index (χ3n) is 8.00. The molecule has 1 heterocycles. The molecule has 2 aliphatic rings. The summed E-state index contributed by atoms with van der Waals surface area (Å²) in [4.78, 5) is 15.9. The number of cyclic esters (lactones) is 1. The van der Waals surface area contributed by atoms with Crippen LogP contribution in [0.1, 0.15) is 79.9 Å². The number of amides is 1. The lowest BCUT2D eigenvalue weighted by atomic mass is 9.88. The van der Waals surface area contributed by atoms with Crippen molar-refractivity contribution in [3.63, 3.8) is 0 Å². The second-order valence-corrected chi connectivity index (χ2v) is 10.9. The summed E-state index contributed by atoms with van der Waals surface area (Å²) >= 11 is 0. The molecule has 42 heavy (non-hydrogen) atoms. The number of halogens is 9. The first-order valence-electron chi connectivity index (χ1n) is 13.7. The highest BCUT2D eigenvalue weighted by Gasteiger charge is 2.44. The Balaban J connectivity index is 1.68. The predicted molar refractivity (Wildman–Crippen MR) is 137 cm³/mol. The number of rotatable bonds is 7. The lowest BCUT2D eigenvalue weighted by molar-refractivity contribution is -0.143. The molecule has 0 unspecified atom stereocenters. The second-order valence-electron chi connectivity index (χ2n) is 10.9. The van der Waals surface area contributed by atoms with E-state index in [2.05, 4.69) is 0 Å². The van der Waals surface area contributed by atoms with E-state index in [1.165, 1.54) is 13.0 Å². The zero-order valence-corrected chi connectivity index (χ0v) is 23.0. The largest absolute Gasteiger partial charge is 0.439 e. The summed E-state index contributed by atoms with van der Waals surface area (Å²) in [6.45, 7) is 3.92. The Kier molecular flexibility index (Phi) is 8.99. The maximum atomic E-state index is 13.7. The van der Waals surface area contributed by atoms with Crippen molar-refractivity contribution in [1.82, 2.24) is 4.90 Å². The Morgan fingerprint density at radius 2 is 1.40 bits per heavy atom. The molecule has 0 bridgehead atoms. The van der Waals surface area contributed by atoms with Gasteiger partial charge in [-0.05, 0) is 80.1 Å². The normalized spacial score (nSPS) is 20.6. The van der Waals surface area contributed by atoms with Crippen molar-refractivity contribution in [1.29, 1.82) is 0 Å². The van der Waals surface area contributed by atoms with Crippen LogP contribution >= 0.6 is 0 Å². The van der Waals surface area contributed by atoms with Gasteiger partial charge in [-0.15, -0.1) is 0 Å². The Labute approximate surface area is 237 Å². The van der Waals surface area contributed by atoms with Gasteiger partial charge >= 0.3 is 24.6 Å². The zero-order valence-electron chi connectivity index (χ0n) is 23.0. The average molecular weight is 611 g/mol. The van der Waals surface area contributed by atoms with Gasteiger partial charge in [0.1, 0.15) is 6.10 Å². The van der Waals surface area contributed by atoms with Crippen LogP contribution in [0.5, 0.6) is 0 Å². The van der Waals surface area contributed by atoms with Crippen molar-refractivity contribution >= 4 is 11.8 Å². The molecule has 1 saturated carbocycles. The van der Waals surface area contributed by atoms with E-state index in [0.29, 0.717) is 36.8 Å². The van der Waals surface area contributed by atoms with E-state index in [0.717, 1.165) is 49.1 Å². The van der Waals surface area contributed by atoms with Crippen LogP contribution < -0.4 is 4.90 Å². The molecule has 232 valence electrons. The van der Waals surface area contributed by atoms with Gasteiger partial charge in [0.25, 0.3) is 0 Å². The smallest absolute Gasteiger partial charge is 0.416 e. The van der Waals surface area contributed by atoms with Gasteiger partial charge in [0.15, 0.2) is 0 Å². The summed E-state index contributed by atoms with van der Waals surface area (Å²) in [5.41, 5.74) is -3.97. The molecule has 13 heteroatoms. The van der Waals surface area contributed by atoms with Crippen molar-refractivity contribution in [3.05, 3.63) is 64.2 Å². The van der Waals surface area contributed by atoms with E-state index in [-0.39, 0.29) is 18.2 Å². The molecule has 2 atom stereocenters. The number of nitrogens with zero attached hydrogens (tertiary/aromatic N) is 2. The Hall–Kier alpha value is -3.12. The minimum atomic E-state index is -5.10. The highest BCUT2D eigenvalue weighted by Crippen LogP contribution is 2.42. The number of hydrogen-bond acceptors (Lipinski definition) is 3. The van der Waals surface area contributed by atoms with E-state index in [1.54, 1.807) is 0 Å². The standard InChI is InChI=1S/C29H31F9N2O2/c1-3-39(15-18-7-5-4-6-8-18)24-10-9-21(27(30,31)32)13-20(24)16-40-17(2)25(42-26(40)41)19-11-22(28(33,34)35)14-23(12-19)29(36,37)38/h9-14,17-18,25H,3-8,15-16H2,1-2H3/t17-,25-/m0/s1. The number of anilines is 1. The van der Waals surface area contributed by atoms with Gasteiger partial charge in [0.05, 0.1) is 29.3 Å². The summed E-state index contributed by atoms with van der Waals surface area (Å²) in [5, 5.41) is 0. The van der Waals surface area contributed by atoms with Gasteiger partial charge in [-0.1, -0.05) is 19.3 Å². The van der Waals surface area contributed by atoms with Gasteiger partial charge in [-0.3, -0.25) is 4.90 Å². The fraction of sp³-hybridized carbons (Fsp3) is 0.552. The average Bonchev–Trinajstić information content (AvgIpc) is 3.19. The molecular weight excluding hydrogens is 579 g/mol. The number of hydrogen-bond donors (Lipinski definition) is 0. The van der Waals surface area contributed by atoms with Crippen molar-refractivity contribution in [2.45, 2.75) is 83.2 Å². The molecule has 4 rings (SSSR count). The summed E-state index contributed by atoms with van der Waals surface area (Å²) < 4.78 is 127. The number of carbonyl (C=O) groups is 1. The molecule has 2 aromatic rings. The highest BCUT2D eigenvalue weighted by molar-refractivity contribution is 5.72. The van der Waals surface area contributed by atoms with Gasteiger partial charge < -0.3 is 9.64 Å². The van der Waals surface area contributed by atoms with Crippen molar-refractivity contribution in [3.8, 4) is 0 Å². The minimum Gasteiger partial charge on any atom is -0.439 e. The van der Waals surface area contributed by atoms with E-state index in [9.17, 15) is 44.3 Å². The summed E-state index contributed by atoms with van der Waals surface area (Å²) in [6.07, 6.45) is -12.2. The van der Waals surface area contributed by atoms with Crippen molar-refractivity contribution < 1.29 is 49.0 Å². The minimum absolute atomic E-state index is 0.0245. The van der Waals surface area contributed by atoms with Gasteiger partial charge in [-0.25, -0.2) is 4.79 Å². The van der Waals surface area contributed by atoms with E-state index in [1.807, 2.05) is 11.8 Å². The molecule has 0 radical (unpaired) electrons. The molecule has 0 N–H and O–H groups in total. The number of ether oxygens (including phenoxy) is 1. The first-order valence-corrected chi connectivity index (χ1v) is 13.7. The maximum Gasteiger partial charge on any atom is 0.416 e. The Morgan fingerprint density at radius 3 is 1.93 bits per heavy atom. The first-order chi connectivity index (χ1) is 19.5. The van der Waals surface area contributed by atoms with Crippen molar-refractivity contribution in [2.75, 3.05) is 18.0 Å². The van der Waals surface area contributed by atoms with Crippen LogP contribution in [-0.2, 0) is 29.8 Å². The fourth-order valence-corrected chi connectivity index (χ4v) is 5.76. The Bertz CT molecular complexity index is 1230. The first kappa shape index (κ1) is 31.8. The molecule has 1 saturated heterocycles. The van der Waals surface area contributed by atoms with Gasteiger partial charge in [0.2, 0.25) is 0 Å². The number of alkyl halides is 9. The fourth-order valence-electron chi connectivity index (χ4n) is 5.76. The Morgan fingerprint density at radius 1 is 0.833 bits per heavy atom. The van der Waals surface area contributed by atoms with Crippen LogP contribution in [0.25, 0.3) is 0 Å². The van der Waals surface area contributed by atoms with Crippen LogP contribution in [0.4, 0.5) is 50.0 Å². The van der Waals surface area contributed by atoms with Crippen LogP contribution in [0.2, 0.25) is 0 Å². The predicted octanol–water partition coefficient (Wildman–Crippen LogP) is 9.23. The lowest BCUT2D eigenvalue weighted by Crippen LogP contribution is -2.34. The van der Waals surface area contributed by atoms with Crippen LogP contribution in [0.15, 0.2) is 36.4 Å². The monoisotopic (exact) mass is 610 g/mol. The van der Waals surface area contributed by atoms with E-state index in [4.69, 9.17) is 4.74 Å². The number of benzene rings is 2. The molecule has 1 aliphatic carbocycles. The summed E-state index contributed by atoms with van der Waals surface area (Å²) in [6, 6.07) is 3.10. The van der Waals surface area contributed by atoms with E-state index < -0.39 is 59.0 Å². The molecule has 4 nitrogen and oxygen atoms in total. The molecule has 1 aliphatic heterocycles. The molecule has 1 amide bonds. The SMILES string of the molecule is CCN(CC1CCCCC1)c1ccc(C(F)(F)F)cc1CN1C(=O)O[C@H](c2cc(C(F)(F)F)cc(C(F)(F)F)c2)[C@@H]1C. The molecule has 2 fully saturated rings. The topological polar surface area (TPSA) is 32.8 Å². The number of carbonyl (C=O) groups excluding carboxylic acids is 1. The quantitative estimate of drug-likeness (QED) is 0.293. The van der Waals surface area contributed by atoms with Gasteiger partial charge in [0, 0.05) is 18.8 Å². The van der Waals surface area contributed by atoms with Crippen molar-refractivity contribution in [2.24, 2.45) is 5.92 Å². The highest BCUT2D eigenvalue weighted by atomic mass is 19.4. The third kappa shape index (κ3) is 7.08. The lowest BCUT2D eigenvalue weighted by Gasteiger charge is -2.33. The molecular formula is C29H31F9N2O2.